The Labute approximate surface area is 114 Å². The third kappa shape index (κ3) is 3.59. The van der Waals surface area contributed by atoms with Crippen LogP contribution in [0.15, 0.2) is 48.0 Å². The van der Waals surface area contributed by atoms with Gasteiger partial charge in [0.05, 0.1) is 10.5 Å². The van der Waals surface area contributed by atoms with Crippen LogP contribution < -0.4 is 0 Å². The normalized spacial score (nSPS) is 9.74. The highest BCUT2D eigenvalue weighted by Crippen LogP contribution is 2.11. The van der Waals surface area contributed by atoms with Gasteiger partial charge in [-0.2, -0.15) is 0 Å². The van der Waals surface area contributed by atoms with E-state index in [1.807, 2.05) is 30.5 Å². The predicted octanol–water partition coefficient (Wildman–Crippen LogP) is 3.38. The molecule has 1 N–H and O–H groups in total. The lowest BCUT2D eigenvalue weighted by Gasteiger charge is -1.97. The standard InChI is InChI=1S/C10H7NO2.C4H5NS/c12-10(13)9-6-5-7-3-1-2-4-8(7)11-9;1-4-5-2-3-6-4/h1-6H,(H,12,13);2-3H,1H3. The molecular formula is C14H12N2O2S. The number of rotatable bonds is 1. The van der Waals surface area contributed by atoms with Crippen LogP contribution in [0.5, 0.6) is 0 Å². The number of aromatic nitrogens is 2. The molecule has 3 aromatic rings. The van der Waals surface area contributed by atoms with Crippen LogP contribution in [-0.4, -0.2) is 21.0 Å². The van der Waals surface area contributed by atoms with E-state index in [0.29, 0.717) is 5.52 Å². The number of nitrogens with zero attached hydrogens (tertiary/aromatic N) is 2. The maximum Gasteiger partial charge on any atom is 0.354 e. The van der Waals surface area contributed by atoms with Crippen LogP contribution in [0.4, 0.5) is 0 Å². The van der Waals surface area contributed by atoms with E-state index < -0.39 is 5.97 Å². The predicted molar refractivity (Wildman–Crippen MR) is 75.6 cm³/mol. The van der Waals surface area contributed by atoms with Crippen molar-refractivity contribution in [1.82, 2.24) is 9.97 Å². The lowest BCUT2D eigenvalue weighted by Crippen LogP contribution is -1.99. The maximum absolute atomic E-state index is 10.6. The largest absolute Gasteiger partial charge is 0.477 e. The molecule has 5 heteroatoms. The highest BCUT2D eigenvalue weighted by atomic mass is 32.1. The molecule has 0 saturated heterocycles. The van der Waals surface area contributed by atoms with Gasteiger partial charge in [0.15, 0.2) is 0 Å². The van der Waals surface area contributed by atoms with Gasteiger partial charge in [-0.1, -0.05) is 24.3 Å². The minimum absolute atomic E-state index is 0.0821. The monoisotopic (exact) mass is 272 g/mol. The molecule has 0 fully saturated rings. The maximum atomic E-state index is 10.6. The second-order valence-corrected chi connectivity index (χ2v) is 4.84. The summed E-state index contributed by atoms with van der Waals surface area (Å²) in [6.45, 7) is 1.99. The van der Waals surface area contributed by atoms with Gasteiger partial charge in [0.25, 0.3) is 0 Å². The van der Waals surface area contributed by atoms with Crippen LogP contribution in [0, 0.1) is 6.92 Å². The molecule has 0 atom stereocenters. The van der Waals surface area contributed by atoms with Gasteiger partial charge in [-0.3, -0.25) is 4.98 Å². The molecule has 2 heterocycles. The van der Waals surface area contributed by atoms with Gasteiger partial charge in [0.1, 0.15) is 5.69 Å². The van der Waals surface area contributed by atoms with Crippen LogP contribution in [0.25, 0.3) is 10.9 Å². The summed E-state index contributed by atoms with van der Waals surface area (Å²) in [5.74, 6) is -0.995. The van der Waals surface area contributed by atoms with Crippen molar-refractivity contribution in [3.63, 3.8) is 0 Å². The van der Waals surface area contributed by atoms with Gasteiger partial charge in [-0.05, 0) is 19.1 Å². The molecule has 0 unspecified atom stereocenters. The summed E-state index contributed by atoms with van der Waals surface area (Å²) in [5.41, 5.74) is 0.793. The SMILES string of the molecule is Cc1nccs1.O=C(O)c1ccc2ccccc2n1. The van der Waals surface area contributed by atoms with E-state index >= 15 is 0 Å². The average Bonchev–Trinajstić information content (AvgIpc) is 2.90. The van der Waals surface area contributed by atoms with Crippen molar-refractivity contribution in [2.75, 3.05) is 0 Å². The second-order valence-electron chi connectivity index (χ2n) is 3.75. The first kappa shape index (κ1) is 13.2. The zero-order chi connectivity index (χ0) is 13.7. The Morgan fingerprint density at radius 1 is 1.21 bits per heavy atom. The number of thiazole rings is 1. The van der Waals surface area contributed by atoms with Crippen LogP contribution in [-0.2, 0) is 0 Å². The lowest BCUT2D eigenvalue weighted by molar-refractivity contribution is 0.0691. The van der Waals surface area contributed by atoms with E-state index in [2.05, 4.69) is 9.97 Å². The Balaban J connectivity index is 0.000000186. The molecule has 2 aromatic heterocycles. The molecule has 0 aliphatic rings. The molecule has 0 aliphatic carbocycles. The molecule has 0 saturated carbocycles. The van der Waals surface area contributed by atoms with Gasteiger partial charge in [0, 0.05) is 17.0 Å². The smallest absolute Gasteiger partial charge is 0.354 e. The second kappa shape index (κ2) is 6.06. The fourth-order valence-electron chi connectivity index (χ4n) is 1.48. The highest BCUT2D eigenvalue weighted by molar-refractivity contribution is 7.09. The van der Waals surface area contributed by atoms with Crippen molar-refractivity contribution in [3.05, 3.63) is 58.7 Å². The van der Waals surface area contributed by atoms with Crippen LogP contribution in [0.1, 0.15) is 15.5 Å². The number of carbonyl (C=O) groups is 1. The van der Waals surface area contributed by atoms with Gasteiger partial charge >= 0.3 is 5.97 Å². The zero-order valence-electron chi connectivity index (χ0n) is 10.3. The van der Waals surface area contributed by atoms with Crippen LogP contribution in [0.3, 0.4) is 0 Å². The van der Waals surface area contributed by atoms with Crippen LogP contribution in [0.2, 0.25) is 0 Å². The summed E-state index contributed by atoms with van der Waals surface area (Å²) in [7, 11) is 0. The van der Waals surface area contributed by atoms with Crippen molar-refractivity contribution in [1.29, 1.82) is 0 Å². The van der Waals surface area contributed by atoms with Gasteiger partial charge in [-0.15, -0.1) is 11.3 Å². The first-order valence-electron chi connectivity index (χ1n) is 5.62. The van der Waals surface area contributed by atoms with Crippen molar-refractivity contribution < 1.29 is 9.90 Å². The number of pyridine rings is 1. The molecule has 0 aliphatic heterocycles. The summed E-state index contributed by atoms with van der Waals surface area (Å²) in [4.78, 5) is 18.5. The van der Waals surface area contributed by atoms with Gasteiger partial charge in [-0.25, -0.2) is 9.78 Å². The number of fused-ring (bicyclic) bond motifs is 1. The third-order valence-electron chi connectivity index (χ3n) is 2.37. The van der Waals surface area contributed by atoms with E-state index in [-0.39, 0.29) is 5.69 Å². The molecule has 0 amide bonds. The van der Waals surface area contributed by atoms with E-state index in [1.54, 1.807) is 29.7 Å². The van der Waals surface area contributed by atoms with Crippen molar-refractivity contribution in [2.24, 2.45) is 0 Å². The fraction of sp³-hybridized carbons (Fsp3) is 0.0714. The number of hydrogen-bond donors (Lipinski definition) is 1. The quantitative estimate of drug-likeness (QED) is 0.737. The van der Waals surface area contributed by atoms with Crippen molar-refractivity contribution in [3.8, 4) is 0 Å². The van der Waals surface area contributed by atoms with Gasteiger partial charge < -0.3 is 5.11 Å². The summed E-state index contributed by atoms with van der Waals surface area (Å²) in [5, 5.41) is 12.7. The first-order chi connectivity index (χ1) is 9.16. The number of carboxylic acids is 1. The molecule has 19 heavy (non-hydrogen) atoms. The van der Waals surface area contributed by atoms with Gasteiger partial charge in [0.2, 0.25) is 0 Å². The number of carboxylic acid groups (broad SMARTS) is 1. The molecule has 0 radical (unpaired) electrons. The number of hydrogen-bond acceptors (Lipinski definition) is 4. The fourth-order valence-corrected chi connectivity index (χ4v) is 1.92. The molecule has 3 rings (SSSR count). The molecular weight excluding hydrogens is 260 g/mol. The lowest BCUT2D eigenvalue weighted by atomic mass is 10.2. The molecule has 4 nitrogen and oxygen atoms in total. The molecule has 1 aromatic carbocycles. The first-order valence-corrected chi connectivity index (χ1v) is 6.50. The topological polar surface area (TPSA) is 63.1 Å². The average molecular weight is 272 g/mol. The Morgan fingerprint density at radius 3 is 2.58 bits per heavy atom. The number of para-hydroxylation sites is 1. The highest BCUT2D eigenvalue weighted by Gasteiger charge is 2.03. The molecule has 0 bridgehead atoms. The molecule has 0 spiro atoms. The third-order valence-corrected chi connectivity index (χ3v) is 3.08. The minimum atomic E-state index is -0.995. The number of aryl methyl sites for hydroxylation is 1. The Kier molecular flexibility index (Phi) is 4.20. The molecule has 96 valence electrons. The van der Waals surface area contributed by atoms with E-state index in [9.17, 15) is 4.79 Å². The zero-order valence-corrected chi connectivity index (χ0v) is 11.1. The Hall–Kier alpha value is -2.27. The van der Waals surface area contributed by atoms with Crippen molar-refractivity contribution >= 4 is 28.2 Å². The van der Waals surface area contributed by atoms with E-state index in [0.717, 1.165) is 10.4 Å². The summed E-state index contributed by atoms with van der Waals surface area (Å²) in [6, 6.07) is 10.7. The van der Waals surface area contributed by atoms with E-state index in [4.69, 9.17) is 5.11 Å². The van der Waals surface area contributed by atoms with E-state index in [1.165, 1.54) is 6.07 Å². The summed E-state index contributed by atoms with van der Waals surface area (Å²) >= 11 is 1.67. The minimum Gasteiger partial charge on any atom is -0.477 e. The summed E-state index contributed by atoms with van der Waals surface area (Å²) in [6.07, 6.45) is 1.81. The Morgan fingerprint density at radius 2 is 2.00 bits per heavy atom. The number of benzene rings is 1. The summed E-state index contributed by atoms with van der Waals surface area (Å²) < 4.78 is 0. The van der Waals surface area contributed by atoms with Crippen LogP contribution >= 0.6 is 11.3 Å². The number of aromatic carboxylic acids is 1. The Bertz CT molecular complexity index is 681. The van der Waals surface area contributed by atoms with Crippen molar-refractivity contribution in [2.45, 2.75) is 6.92 Å².